The Hall–Kier alpha value is -2.17. The molecule has 0 spiro atoms. The molecule has 3 rings (SSSR count). The minimum Gasteiger partial charge on any atom is -0.304 e. The smallest absolute Gasteiger partial charge is 0.294 e. The van der Waals surface area contributed by atoms with Gasteiger partial charge in [-0.3, -0.25) is 9.11 Å². The van der Waals surface area contributed by atoms with Crippen molar-refractivity contribution >= 4 is 44.1 Å². The summed E-state index contributed by atoms with van der Waals surface area (Å²) < 4.78 is 65.8. The van der Waals surface area contributed by atoms with Crippen LogP contribution in [0, 0.1) is 13.8 Å². The van der Waals surface area contributed by atoms with E-state index in [9.17, 15) is 25.9 Å². The maximum absolute atomic E-state index is 11.7. The van der Waals surface area contributed by atoms with E-state index in [1.807, 2.05) is 44.2 Å². The van der Waals surface area contributed by atoms with Gasteiger partial charge in [-0.05, 0) is 112 Å². The van der Waals surface area contributed by atoms with Crippen molar-refractivity contribution in [3.8, 4) is 0 Å². The van der Waals surface area contributed by atoms with E-state index < -0.39 is 28.2 Å². The van der Waals surface area contributed by atoms with E-state index in [2.05, 4.69) is 51.3 Å². The van der Waals surface area contributed by atoms with Gasteiger partial charge in [0.2, 0.25) is 0 Å². The lowest BCUT2D eigenvalue weighted by molar-refractivity contribution is 0.321. The minimum absolute atomic E-state index is 0.231. The standard InChI is InChI=1S/C20H19O6PS2.2C6H15N/c1-14-8-10-17(28(21,22)23)12-19(14)27(16-6-4-3-5-7-16)20-13-18(29(24,25)26)11-9-15(20)2;2*1-4-7(5-2)6-3/h3-13H,1-2H3,(H,21,22,23)(H,24,25,26);2*4-6H2,1-3H3. The van der Waals surface area contributed by atoms with Crippen molar-refractivity contribution < 1.29 is 25.9 Å². The highest BCUT2D eigenvalue weighted by molar-refractivity contribution is 7.86. The van der Waals surface area contributed by atoms with E-state index in [-0.39, 0.29) is 9.79 Å². The van der Waals surface area contributed by atoms with Crippen molar-refractivity contribution in [3.63, 3.8) is 0 Å². The Kier molecular flexibility index (Phi) is 16.8. The molecular weight excluding hydrogens is 603 g/mol. The van der Waals surface area contributed by atoms with Gasteiger partial charge >= 0.3 is 0 Å². The maximum Gasteiger partial charge on any atom is 0.294 e. The van der Waals surface area contributed by atoms with E-state index >= 15 is 0 Å². The number of hydrogen-bond acceptors (Lipinski definition) is 6. The van der Waals surface area contributed by atoms with E-state index in [1.165, 1.54) is 63.5 Å². The number of benzene rings is 3. The van der Waals surface area contributed by atoms with Gasteiger partial charge in [-0.15, -0.1) is 0 Å². The summed E-state index contributed by atoms with van der Waals surface area (Å²) in [6.07, 6.45) is 0. The molecule has 11 heteroatoms. The predicted octanol–water partition coefficient (Wildman–Crippen LogP) is 5.25. The second-order valence-electron chi connectivity index (χ2n) is 9.76. The van der Waals surface area contributed by atoms with Gasteiger partial charge in [0.05, 0.1) is 9.79 Å². The fraction of sp³-hybridized carbons (Fsp3) is 0.438. The zero-order chi connectivity index (χ0) is 32.8. The first kappa shape index (κ1) is 38.9. The Morgan fingerprint density at radius 1 is 0.558 bits per heavy atom. The van der Waals surface area contributed by atoms with Crippen LogP contribution in [0.1, 0.15) is 52.7 Å². The number of nitrogens with zero attached hydrogens (tertiary/aromatic N) is 2. The zero-order valence-corrected chi connectivity index (χ0v) is 29.3. The largest absolute Gasteiger partial charge is 0.304 e. The van der Waals surface area contributed by atoms with Gasteiger partial charge in [0.1, 0.15) is 0 Å². The molecule has 3 aromatic carbocycles. The highest BCUT2D eigenvalue weighted by Crippen LogP contribution is 2.36. The van der Waals surface area contributed by atoms with Crippen LogP contribution in [0.3, 0.4) is 0 Å². The van der Waals surface area contributed by atoms with Gasteiger partial charge in [0.15, 0.2) is 0 Å². The predicted molar refractivity (Wildman–Crippen MR) is 181 cm³/mol. The summed E-state index contributed by atoms with van der Waals surface area (Å²) in [6.45, 7) is 23.9. The van der Waals surface area contributed by atoms with Gasteiger partial charge < -0.3 is 9.80 Å². The summed E-state index contributed by atoms with van der Waals surface area (Å²) in [5, 5.41) is 2.20. The first-order chi connectivity index (χ1) is 20.2. The third-order valence-electron chi connectivity index (χ3n) is 7.14. The second-order valence-corrected chi connectivity index (χ2v) is 14.8. The monoisotopic (exact) mass is 652 g/mol. The van der Waals surface area contributed by atoms with Crippen LogP contribution in [0.2, 0.25) is 0 Å². The minimum atomic E-state index is -4.41. The molecule has 0 amide bonds. The van der Waals surface area contributed by atoms with Crippen LogP contribution in [-0.4, -0.2) is 75.0 Å². The number of hydrogen-bond donors (Lipinski definition) is 2. The van der Waals surface area contributed by atoms with Gasteiger partial charge in [0, 0.05) is 0 Å². The van der Waals surface area contributed by atoms with Crippen molar-refractivity contribution in [1.82, 2.24) is 9.80 Å². The van der Waals surface area contributed by atoms with E-state index in [0.717, 1.165) is 16.4 Å². The normalized spacial score (nSPS) is 11.7. The molecule has 3 aromatic rings. The first-order valence-corrected chi connectivity index (χ1v) is 18.9. The van der Waals surface area contributed by atoms with Gasteiger partial charge in [0.25, 0.3) is 20.2 Å². The molecule has 0 aliphatic heterocycles. The Balaban J connectivity index is 0.000000548. The zero-order valence-electron chi connectivity index (χ0n) is 26.8. The summed E-state index contributed by atoms with van der Waals surface area (Å²) in [7, 11) is -10.2. The van der Waals surface area contributed by atoms with Crippen molar-refractivity contribution in [1.29, 1.82) is 0 Å². The van der Waals surface area contributed by atoms with Gasteiger partial charge in [-0.25, -0.2) is 0 Å². The van der Waals surface area contributed by atoms with E-state index in [4.69, 9.17) is 0 Å². The lowest BCUT2D eigenvalue weighted by Gasteiger charge is -2.24. The van der Waals surface area contributed by atoms with Crippen LogP contribution >= 0.6 is 7.92 Å². The quantitative estimate of drug-likeness (QED) is 0.213. The van der Waals surface area contributed by atoms with Gasteiger partial charge in [-0.1, -0.05) is 84.0 Å². The van der Waals surface area contributed by atoms with Crippen LogP contribution in [0.5, 0.6) is 0 Å². The maximum atomic E-state index is 11.7. The molecule has 0 heterocycles. The summed E-state index contributed by atoms with van der Waals surface area (Å²) in [5.41, 5.74) is 1.59. The highest BCUT2D eigenvalue weighted by atomic mass is 32.2. The average molecular weight is 653 g/mol. The molecule has 0 aliphatic carbocycles. The molecule has 240 valence electrons. The Labute approximate surface area is 261 Å². The summed E-state index contributed by atoms with van der Waals surface area (Å²) in [4.78, 5) is 4.29. The Bertz CT molecular complexity index is 1370. The number of aryl methyl sites for hydroxylation is 2. The summed E-state index contributed by atoms with van der Waals surface area (Å²) >= 11 is 0. The highest BCUT2D eigenvalue weighted by Gasteiger charge is 2.24. The Morgan fingerprint density at radius 3 is 1.14 bits per heavy atom. The molecule has 0 saturated heterocycles. The Morgan fingerprint density at radius 2 is 0.884 bits per heavy atom. The van der Waals surface area contributed by atoms with Crippen LogP contribution in [0.4, 0.5) is 0 Å². The fourth-order valence-electron chi connectivity index (χ4n) is 4.31. The third kappa shape index (κ3) is 12.4. The molecule has 0 aliphatic rings. The lowest BCUT2D eigenvalue weighted by atomic mass is 10.2. The van der Waals surface area contributed by atoms with Crippen molar-refractivity contribution in [2.24, 2.45) is 0 Å². The van der Waals surface area contributed by atoms with E-state index in [1.54, 1.807) is 12.1 Å². The molecular formula is C32H49N2O6PS2. The molecule has 0 fully saturated rings. The molecule has 0 unspecified atom stereocenters. The van der Waals surface area contributed by atoms with Crippen LogP contribution in [0.15, 0.2) is 76.5 Å². The fourth-order valence-corrected chi connectivity index (χ4v) is 8.17. The summed E-state index contributed by atoms with van der Waals surface area (Å²) in [6, 6.07) is 18.0. The van der Waals surface area contributed by atoms with Crippen molar-refractivity contribution in [3.05, 3.63) is 77.9 Å². The molecule has 2 N–H and O–H groups in total. The SMILES string of the molecule is CCN(CC)CC.CCN(CC)CC.Cc1ccc(S(=O)(=O)O)cc1P(c1ccccc1)c1cc(S(=O)(=O)O)ccc1C. The van der Waals surface area contributed by atoms with E-state index in [0.29, 0.717) is 10.6 Å². The molecule has 0 aromatic heterocycles. The van der Waals surface area contributed by atoms with Crippen molar-refractivity contribution in [2.45, 2.75) is 65.2 Å². The van der Waals surface area contributed by atoms with Crippen LogP contribution < -0.4 is 15.9 Å². The van der Waals surface area contributed by atoms with Crippen LogP contribution in [-0.2, 0) is 20.2 Å². The molecule has 0 saturated carbocycles. The average Bonchev–Trinajstić information content (AvgIpc) is 2.97. The van der Waals surface area contributed by atoms with Crippen LogP contribution in [0.25, 0.3) is 0 Å². The van der Waals surface area contributed by atoms with Crippen molar-refractivity contribution in [2.75, 3.05) is 39.3 Å². The topological polar surface area (TPSA) is 115 Å². The first-order valence-electron chi connectivity index (χ1n) is 14.6. The molecule has 43 heavy (non-hydrogen) atoms. The second kappa shape index (κ2) is 18.6. The third-order valence-corrected chi connectivity index (χ3v) is 11.6. The summed E-state index contributed by atoms with van der Waals surface area (Å²) in [5.74, 6) is 0. The molecule has 8 nitrogen and oxygen atoms in total. The molecule has 0 bridgehead atoms. The molecule has 0 radical (unpaired) electrons. The molecule has 0 atom stereocenters. The number of rotatable bonds is 11. The van der Waals surface area contributed by atoms with Gasteiger partial charge in [-0.2, -0.15) is 16.8 Å². The lowest BCUT2D eigenvalue weighted by Crippen LogP contribution is -2.25.